The number of urea groups is 1. The van der Waals surface area contributed by atoms with Crippen LogP contribution in [-0.4, -0.2) is 35.1 Å². The molecule has 5 nitrogen and oxygen atoms in total. The van der Waals surface area contributed by atoms with E-state index in [2.05, 4.69) is 16.8 Å². The van der Waals surface area contributed by atoms with Gasteiger partial charge in [0.15, 0.2) is 0 Å². The first kappa shape index (κ1) is 12.5. The topological polar surface area (TPSA) is 69.6 Å². The van der Waals surface area contributed by atoms with Gasteiger partial charge in [-0.2, -0.15) is 0 Å². The Labute approximate surface area is 115 Å². The van der Waals surface area contributed by atoms with Crippen LogP contribution in [0.2, 0.25) is 0 Å². The van der Waals surface area contributed by atoms with Crippen molar-refractivity contribution in [2.75, 3.05) is 13.1 Å². The number of carboxylic acid groups (broad SMARTS) is 1. The van der Waals surface area contributed by atoms with Crippen LogP contribution in [0.3, 0.4) is 0 Å². The monoisotopic (exact) mass is 280 g/mol. The Balaban J connectivity index is 1.56. The maximum atomic E-state index is 12.1. The SMILES string of the molecule is O=C(NCC1(C(=O)O)CC1)N1CCc2sccc2C1. The fraction of sp³-hybridized carbons (Fsp3) is 0.538. The van der Waals surface area contributed by atoms with Crippen molar-refractivity contribution in [1.29, 1.82) is 0 Å². The number of carboxylic acids is 1. The largest absolute Gasteiger partial charge is 0.481 e. The van der Waals surface area contributed by atoms with E-state index < -0.39 is 11.4 Å². The Morgan fingerprint density at radius 3 is 2.95 bits per heavy atom. The lowest BCUT2D eigenvalue weighted by molar-refractivity contribution is -0.143. The summed E-state index contributed by atoms with van der Waals surface area (Å²) in [7, 11) is 0. The number of amides is 2. The minimum atomic E-state index is -0.799. The Kier molecular flexibility index (Phi) is 2.97. The zero-order chi connectivity index (χ0) is 13.5. The van der Waals surface area contributed by atoms with Gasteiger partial charge in [-0.25, -0.2) is 4.79 Å². The Morgan fingerprint density at radius 1 is 1.47 bits per heavy atom. The number of fused-ring (bicyclic) bond motifs is 1. The molecule has 19 heavy (non-hydrogen) atoms. The smallest absolute Gasteiger partial charge is 0.317 e. The molecule has 2 N–H and O–H groups in total. The molecule has 1 aromatic heterocycles. The number of carbonyl (C=O) groups excluding carboxylic acids is 1. The molecule has 2 aliphatic rings. The van der Waals surface area contributed by atoms with Crippen LogP contribution >= 0.6 is 11.3 Å². The van der Waals surface area contributed by atoms with Crippen molar-refractivity contribution in [2.24, 2.45) is 5.41 Å². The van der Waals surface area contributed by atoms with Crippen LogP contribution in [0.4, 0.5) is 4.79 Å². The molecule has 0 aromatic carbocycles. The predicted molar refractivity (Wildman–Crippen MR) is 71.1 cm³/mol. The van der Waals surface area contributed by atoms with Crippen molar-refractivity contribution in [3.63, 3.8) is 0 Å². The van der Waals surface area contributed by atoms with Crippen molar-refractivity contribution < 1.29 is 14.7 Å². The maximum Gasteiger partial charge on any atom is 0.317 e. The van der Waals surface area contributed by atoms with Gasteiger partial charge in [0, 0.05) is 24.5 Å². The minimum absolute atomic E-state index is 0.149. The van der Waals surface area contributed by atoms with Gasteiger partial charge in [0.2, 0.25) is 0 Å². The molecule has 0 spiro atoms. The molecule has 0 bridgehead atoms. The number of hydrogen-bond donors (Lipinski definition) is 2. The number of thiophene rings is 1. The molecule has 2 amide bonds. The van der Waals surface area contributed by atoms with E-state index in [9.17, 15) is 9.59 Å². The molecule has 0 radical (unpaired) electrons. The average Bonchev–Trinajstić information content (AvgIpc) is 3.06. The van der Waals surface area contributed by atoms with Gasteiger partial charge in [0.05, 0.1) is 5.41 Å². The van der Waals surface area contributed by atoms with E-state index in [0.29, 0.717) is 25.9 Å². The molecule has 102 valence electrons. The molecular weight excluding hydrogens is 264 g/mol. The molecule has 2 heterocycles. The molecule has 0 unspecified atom stereocenters. The van der Waals surface area contributed by atoms with Crippen LogP contribution in [0.5, 0.6) is 0 Å². The molecular formula is C13H16N2O3S. The first-order valence-corrected chi connectivity index (χ1v) is 7.30. The number of rotatable bonds is 3. The highest BCUT2D eigenvalue weighted by atomic mass is 32.1. The lowest BCUT2D eigenvalue weighted by Crippen LogP contribution is -2.45. The fourth-order valence-electron chi connectivity index (χ4n) is 2.40. The van der Waals surface area contributed by atoms with E-state index in [4.69, 9.17) is 5.11 Å². The standard InChI is InChI=1S/C13H16N2O3S/c16-11(17)13(3-4-13)8-14-12(18)15-5-1-10-9(7-15)2-6-19-10/h2,6H,1,3-5,7-8H2,(H,14,18)(H,16,17). The van der Waals surface area contributed by atoms with Gasteiger partial charge in [-0.3, -0.25) is 4.79 Å². The summed E-state index contributed by atoms with van der Waals surface area (Å²) in [6.07, 6.45) is 2.22. The van der Waals surface area contributed by atoms with Gasteiger partial charge < -0.3 is 15.3 Å². The van der Waals surface area contributed by atoms with Gasteiger partial charge >= 0.3 is 12.0 Å². The quantitative estimate of drug-likeness (QED) is 0.885. The third-order valence-corrected chi connectivity index (χ3v) is 5.00. The normalized spacial score (nSPS) is 19.7. The van der Waals surface area contributed by atoms with Crippen LogP contribution in [0.1, 0.15) is 23.3 Å². The second kappa shape index (κ2) is 4.52. The maximum absolute atomic E-state index is 12.1. The van der Waals surface area contributed by atoms with Gasteiger partial charge in [0.1, 0.15) is 0 Å². The fourth-order valence-corrected chi connectivity index (χ4v) is 3.29. The van der Waals surface area contributed by atoms with Gasteiger partial charge in [0.25, 0.3) is 0 Å². The number of carbonyl (C=O) groups is 2. The Morgan fingerprint density at radius 2 is 2.26 bits per heavy atom. The highest BCUT2D eigenvalue weighted by molar-refractivity contribution is 7.10. The molecule has 1 saturated carbocycles. The second-order valence-electron chi connectivity index (χ2n) is 5.28. The summed E-state index contributed by atoms with van der Waals surface area (Å²) >= 11 is 1.73. The Bertz CT molecular complexity index is 522. The van der Waals surface area contributed by atoms with E-state index >= 15 is 0 Å². The molecule has 1 aliphatic heterocycles. The summed E-state index contributed by atoms with van der Waals surface area (Å²) in [5.41, 5.74) is 0.518. The summed E-state index contributed by atoms with van der Waals surface area (Å²) in [5.74, 6) is -0.799. The van der Waals surface area contributed by atoms with Gasteiger partial charge in [-0.1, -0.05) is 0 Å². The van der Waals surface area contributed by atoms with E-state index in [1.165, 1.54) is 10.4 Å². The van der Waals surface area contributed by atoms with Crippen LogP contribution in [0.15, 0.2) is 11.4 Å². The summed E-state index contributed by atoms with van der Waals surface area (Å²) < 4.78 is 0. The molecule has 1 aliphatic carbocycles. The van der Waals surface area contributed by atoms with Gasteiger partial charge in [-0.15, -0.1) is 11.3 Å². The van der Waals surface area contributed by atoms with E-state index in [0.717, 1.165) is 6.42 Å². The number of nitrogens with zero attached hydrogens (tertiary/aromatic N) is 1. The average molecular weight is 280 g/mol. The third-order valence-electron chi connectivity index (χ3n) is 3.98. The van der Waals surface area contributed by atoms with E-state index in [1.54, 1.807) is 16.2 Å². The van der Waals surface area contributed by atoms with Crippen LogP contribution in [-0.2, 0) is 17.8 Å². The first-order chi connectivity index (χ1) is 9.11. The molecule has 1 aromatic rings. The lowest BCUT2D eigenvalue weighted by Gasteiger charge is -2.27. The van der Waals surface area contributed by atoms with Crippen molar-refractivity contribution in [3.8, 4) is 0 Å². The number of nitrogens with one attached hydrogen (secondary N) is 1. The van der Waals surface area contributed by atoms with Crippen molar-refractivity contribution in [2.45, 2.75) is 25.8 Å². The van der Waals surface area contributed by atoms with Crippen molar-refractivity contribution in [3.05, 3.63) is 21.9 Å². The zero-order valence-corrected chi connectivity index (χ0v) is 11.3. The summed E-state index contributed by atoms with van der Waals surface area (Å²) in [6, 6.07) is 1.91. The van der Waals surface area contributed by atoms with Crippen LogP contribution in [0, 0.1) is 5.41 Å². The molecule has 6 heteroatoms. The lowest BCUT2D eigenvalue weighted by atomic mass is 10.1. The Hall–Kier alpha value is -1.56. The molecule has 1 fully saturated rings. The van der Waals surface area contributed by atoms with E-state index in [-0.39, 0.29) is 12.6 Å². The molecule has 0 saturated heterocycles. The minimum Gasteiger partial charge on any atom is -0.481 e. The third kappa shape index (κ3) is 2.32. The summed E-state index contributed by atoms with van der Waals surface area (Å²) in [5, 5.41) is 13.9. The van der Waals surface area contributed by atoms with Crippen LogP contribution in [0.25, 0.3) is 0 Å². The second-order valence-corrected chi connectivity index (χ2v) is 6.29. The zero-order valence-electron chi connectivity index (χ0n) is 10.5. The molecule has 3 rings (SSSR count). The van der Waals surface area contributed by atoms with Crippen molar-refractivity contribution >= 4 is 23.3 Å². The first-order valence-electron chi connectivity index (χ1n) is 6.42. The number of hydrogen-bond acceptors (Lipinski definition) is 3. The van der Waals surface area contributed by atoms with E-state index in [1.807, 2.05) is 0 Å². The highest BCUT2D eigenvalue weighted by Gasteiger charge is 2.50. The number of aliphatic carboxylic acids is 1. The van der Waals surface area contributed by atoms with Crippen LogP contribution < -0.4 is 5.32 Å². The highest BCUT2D eigenvalue weighted by Crippen LogP contribution is 2.45. The van der Waals surface area contributed by atoms with Crippen molar-refractivity contribution in [1.82, 2.24) is 10.2 Å². The predicted octanol–water partition coefficient (Wildman–Crippen LogP) is 1.68. The summed E-state index contributed by atoms with van der Waals surface area (Å²) in [4.78, 5) is 26.2. The molecule has 0 atom stereocenters. The van der Waals surface area contributed by atoms with Gasteiger partial charge in [-0.05, 0) is 36.3 Å². The summed E-state index contributed by atoms with van der Waals surface area (Å²) in [6.45, 7) is 1.58.